The van der Waals surface area contributed by atoms with Crippen LogP contribution in [0.25, 0.3) is 16.4 Å². The smallest absolute Gasteiger partial charge is 0.275 e. The second-order valence-electron chi connectivity index (χ2n) is 9.43. The summed E-state index contributed by atoms with van der Waals surface area (Å²) < 4.78 is 8.98. The van der Waals surface area contributed by atoms with Crippen molar-refractivity contribution in [3.05, 3.63) is 46.5 Å². The maximum Gasteiger partial charge on any atom is 0.275 e. The fourth-order valence-corrected chi connectivity index (χ4v) is 5.41. The zero-order chi connectivity index (χ0) is 24.2. The van der Waals surface area contributed by atoms with Gasteiger partial charge >= 0.3 is 0 Å². The van der Waals surface area contributed by atoms with Crippen LogP contribution in [0.4, 0.5) is 0 Å². The average molecular weight is 467 g/mol. The van der Waals surface area contributed by atoms with Crippen LogP contribution >= 0.6 is 0 Å². The molecule has 0 saturated carbocycles. The summed E-state index contributed by atoms with van der Waals surface area (Å²) in [6.45, 7) is 8.95. The number of methoxy groups -OCH3 is 1. The van der Waals surface area contributed by atoms with Crippen LogP contribution in [0.3, 0.4) is 0 Å². The third kappa shape index (κ3) is 4.71. The number of carbonyl (C=O) groups is 1. The number of hydrogen-bond donors (Lipinski definition) is 1. The summed E-state index contributed by atoms with van der Waals surface area (Å²) in [5, 5.41) is 4.18. The summed E-state index contributed by atoms with van der Waals surface area (Å²) in [5.74, 6) is 0.551. The minimum atomic E-state index is -0.170. The first-order valence-electron chi connectivity index (χ1n) is 12.8. The summed E-state index contributed by atoms with van der Waals surface area (Å²) in [6.07, 6.45) is 7.89. The van der Waals surface area contributed by atoms with E-state index in [0.29, 0.717) is 17.8 Å². The van der Waals surface area contributed by atoms with Crippen molar-refractivity contribution in [2.24, 2.45) is 0 Å². The molecule has 0 spiro atoms. The summed E-state index contributed by atoms with van der Waals surface area (Å²) >= 11 is 0. The third-order valence-electron chi connectivity index (χ3n) is 7.20. The van der Waals surface area contributed by atoms with Gasteiger partial charge in [0.1, 0.15) is 17.0 Å². The van der Waals surface area contributed by atoms with Crippen LogP contribution in [0.1, 0.15) is 69.8 Å². The van der Waals surface area contributed by atoms with E-state index in [0.717, 1.165) is 68.3 Å². The van der Waals surface area contributed by atoms with E-state index in [1.165, 1.54) is 0 Å². The van der Waals surface area contributed by atoms with E-state index in [9.17, 15) is 9.59 Å². The Balaban J connectivity index is 1.84. The zero-order valence-corrected chi connectivity index (χ0v) is 21.0. The normalized spacial score (nSPS) is 16.7. The summed E-state index contributed by atoms with van der Waals surface area (Å²) in [4.78, 5) is 29.8. The molecular formula is C27H38N4O3. The number of fused-ring (bicyclic) bond motifs is 3. The van der Waals surface area contributed by atoms with E-state index in [1.807, 2.05) is 34.9 Å². The number of likely N-dealkylation sites (tertiary alicyclic amines) is 1. The van der Waals surface area contributed by atoms with Crippen LogP contribution in [0.15, 0.2) is 35.3 Å². The molecule has 3 heterocycles. The van der Waals surface area contributed by atoms with E-state index in [2.05, 4.69) is 31.0 Å². The fourth-order valence-electron chi connectivity index (χ4n) is 5.41. The van der Waals surface area contributed by atoms with E-state index in [4.69, 9.17) is 4.74 Å². The maximum absolute atomic E-state index is 13.8. The largest absolute Gasteiger partial charge is 0.497 e. The molecule has 1 aliphatic rings. The van der Waals surface area contributed by atoms with E-state index < -0.39 is 0 Å². The Bertz CT molecular complexity index is 1210. The Hall–Kier alpha value is -2.80. The monoisotopic (exact) mass is 466 g/mol. The third-order valence-corrected chi connectivity index (χ3v) is 7.20. The Kier molecular flexibility index (Phi) is 7.61. The Morgan fingerprint density at radius 2 is 1.91 bits per heavy atom. The molecule has 1 amide bonds. The van der Waals surface area contributed by atoms with Gasteiger partial charge in [-0.15, -0.1) is 0 Å². The fraction of sp³-hybridized carbons (Fsp3) is 0.556. The van der Waals surface area contributed by atoms with Crippen molar-refractivity contribution in [3.8, 4) is 5.75 Å². The standard InChI is InChI=1S/C27H38N4O3/c1-5-9-20(10-6-2)28-26(32)25-18-30-23-16-22(34-4)13-12-19(23)15-24(30)27(33)31(25)17-21-11-8-14-29(21)7-3/h12-13,15-16,18,20-21H,5-11,14,17H2,1-4H3,(H,28,32). The zero-order valence-electron chi connectivity index (χ0n) is 21.0. The molecule has 1 saturated heterocycles. The summed E-state index contributed by atoms with van der Waals surface area (Å²) in [6, 6.07) is 8.06. The van der Waals surface area contributed by atoms with Crippen LogP contribution in [0.5, 0.6) is 5.75 Å². The van der Waals surface area contributed by atoms with Gasteiger partial charge in [0.15, 0.2) is 0 Å². The highest BCUT2D eigenvalue weighted by Gasteiger charge is 2.27. The molecule has 1 N–H and O–H groups in total. The molecule has 7 nitrogen and oxygen atoms in total. The van der Waals surface area contributed by atoms with E-state index in [1.54, 1.807) is 11.7 Å². The first-order chi connectivity index (χ1) is 16.5. The number of nitrogens with one attached hydrogen (secondary N) is 1. The highest BCUT2D eigenvalue weighted by Crippen LogP contribution is 2.25. The lowest BCUT2D eigenvalue weighted by Gasteiger charge is -2.25. The van der Waals surface area contributed by atoms with Crippen molar-refractivity contribution < 1.29 is 9.53 Å². The lowest BCUT2D eigenvalue weighted by atomic mass is 10.1. The van der Waals surface area contributed by atoms with Gasteiger partial charge in [0, 0.05) is 36.3 Å². The molecule has 0 aliphatic carbocycles. The number of likely N-dealkylation sites (N-methyl/N-ethyl adjacent to an activating group) is 1. The lowest BCUT2D eigenvalue weighted by molar-refractivity contribution is 0.0918. The SMILES string of the molecule is CCCC(CCC)NC(=O)c1cn2c(cc3ccc(OC)cc32)c(=O)n1CC1CCCN1CC. The Morgan fingerprint density at radius 1 is 1.15 bits per heavy atom. The van der Waals surface area contributed by atoms with E-state index in [-0.39, 0.29) is 23.6 Å². The summed E-state index contributed by atoms with van der Waals surface area (Å²) in [7, 11) is 1.63. The van der Waals surface area contributed by atoms with Gasteiger partial charge in [0.25, 0.3) is 11.5 Å². The predicted molar refractivity (Wildman–Crippen MR) is 137 cm³/mol. The number of carbonyl (C=O) groups excluding carboxylic acids is 1. The average Bonchev–Trinajstić information content (AvgIpc) is 3.44. The van der Waals surface area contributed by atoms with Crippen LogP contribution < -0.4 is 15.6 Å². The quantitative estimate of drug-likeness (QED) is 0.480. The molecule has 0 radical (unpaired) electrons. The molecule has 1 unspecified atom stereocenters. The van der Waals surface area contributed by atoms with Gasteiger partial charge in [0.2, 0.25) is 0 Å². The van der Waals surface area contributed by atoms with Crippen molar-refractivity contribution in [2.45, 2.75) is 77.9 Å². The molecular weight excluding hydrogens is 428 g/mol. The molecule has 4 rings (SSSR count). The molecule has 1 aromatic carbocycles. The second-order valence-corrected chi connectivity index (χ2v) is 9.43. The van der Waals surface area contributed by atoms with Gasteiger partial charge in [-0.3, -0.25) is 19.1 Å². The Labute approximate surface area is 201 Å². The molecule has 7 heteroatoms. The van der Waals surface area contributed by atoms with Crippen LogP contribution in [0.2, 0.25) is 0 Å². The second kappa shape index (κ2) is 10.6. The van der Waals surface area contributed by atoms with Gasteiger partial charge in [-0.1, -0.05) is 33.6 Å². The van der Waals surface area contributed by atoms with Gasteiger partial charge in [0.05, 0.1) is 12.6 Å². The van der Waals surface area contributed by atoms with Crippen molar-refractivity contribution >= 4 is 22.3 Å². The molecule has 0 bridgehead atoms. The van der Waals surface area contributed by atoms with Gasteiger partial charge in [-0.25, -0.2) is 0 Å². The van der Waals surface area contributed by atoms with Crippen LogP contribution in [-0.4, -0.2) is 52.1 Å². The lowest BCUT2D eigenvalue weighted by Crippen LogP contribution is -2.42. The summed E-state index contributed by atoms with van der Waals surface area (Å²) in [5.41, 5.74) is 1.76. The van der Waals surface area contributed by atoms with Crippen molar-refractivity contribution in [1.82, 2.24) is 19.2 Å². The number of nitrogens with zero attached hydrogens (tertiary/aromatic N) is 3. The number of hydrogen-bond acceptors (Lipinski definition) is 4. The first kappa shape index (κ1) is 24.3. The first-order valence-corrected chi connectivity index (χ1v) is 12.8. The van der Waals surface area contributed by atoms with Crippen LogP contribution in [-0.2, 0) is 6.54 Å². The molecule has 184 valence electrons. The highest BCUT2D eigenvalue weighted by molar-refractivity contribution is 5.94. The van der Waals surface area contributed by atoms with Gasteiger partial charge < -0.3 is 14.5 Å². The van der Waals surface area contributed by atoms with Gasteiger partial charge in [-0.05, 0) is 57.0 Å². The van der Waals surface area contributed by atoms with Crippen molar-refractivity contribution in [1.29, 1.82) is 0 Å². The highest BCUT2D eigenvalue weighted by atomic mass is 16.5. The van der Waals surface area contributed by atoms with E-state index >= 15 is 0 Å². The van der Waals surface area contributed by atoms with Crippen LogP contribution in [0, 0.1) is 0 Å². The number of rotatable bonds is 10. The molecule has 1 atom stereocenters. The molecule has 34 heavy (non-hydrogen) atoms. The Morgan fingerprint density at radius 3 is 2.59 bits per heavy atom. The minimum absolute atomic E-state index is 0.113. The molecule has 1 aliphatic heterocycles. The number of amides is 1. The van der Waals surface area contributed by atoms with Crippen molar-refractivity contribution in [3.63, 3.8) is 0 Å². The van der Waals surface area contributed by atoms with Gasteiger partial charge in [-0.2, -0.15) is 0 Å². The topological polar surface area (TPSA) is 68.0 Å². The number of benzene rings is 1. The molecule has 1 fully saturated rings. The predicted octanol–water partition coefficient (Wildman–Crippen LogP) is 4.45. The van der Waals surface area contributed by atoms with Crippen molar-refractivity contribution in [2.75, 3.05) is 20.2 Å². The number of ether oxygens (including phenoxy) is 1. The maximum atomic E-state index is 13.8. The number of aromatic nitrogens is 2. The molecule has 3 aromatic rings. The minimum Gasteiger partial charge on any atom is -0.497 e. The molecule has 2 aromatic heterocycles.